The van der Waals surface area contributed by atoms with Gasteiger partial charge in [0, 0.05) is 11.5 Å². The SMILES string of the molecule is CN(C)[C@H](C(=O)c1ccccc1)C(c1ccccc1)c1ccccc1. The van der Waals surface area contributed by atoms with E-state index in [0.717, 1.165) is 16.7 Å². The molecule has 0 bridgehead atoms. The number of likely N-dealkylation sites (N-methyl/N-ethyl adjacent to an activating group) is 1. The van der Waals surface area contributed by atoms with Gasteiger partial charge in [-0.3, -0.25) is 9.69 Å². The Morgan fingerprint density at radius 1 is 0.680 bits per heavy atom. The van der Waals surface area contributed by atoms with E-state index in [1.165, 1.54) is 0 Å². The molecule has 0 aliphatic heterocycles. The van der Waals surface area contributed by atoms with Gasteiger partial charge in [0.05, 0.1) is 6.04 Å². The molecule has 0 saturated carbocycles. The third kappa shape index (κ3) is 3.86. The molecule has 25 heavy (non-hydrogen) atoms. The molecule has 0 fully saturated rings. The summed E-state index contributed by atoms with van der Waals surface area (Å²) in [6.07, 6.45) is 0. The molecule has 3 aromatic carbocycles. The van der Waals surface area contributed by atoms with Crippen LogP contribution in [0.25, 0.3) is 0 Å². The number of ketones is 1. The summed E-state index contributed by atoms with van der Waals surface area (Å²) in [4.78, 5) is 15.4. The van der Waals surface area contributed by atoms with Crippen LogP contribution in [0.3, 0.4) is 0 Å². The Labute approximate surface area is 149 Å². The van der Waals surface area contributed by atoms with Gasteiger partial charge in [-0.15, -0.1) is 0 Å². The quantitative estimate of drug-likeness (QED) is 0.615. The highest BCUT2D eigenvalue weighted by Gasteiger charge is 2.33. The molecule has 0 radical (unpaired) electrons. The second-order valence-corrected chi connectivity index (χ2v) is 6.44. The van der Waals surface area contributed by atoms with Gasteiger partial charge in [-0.1, -0.05) is 91.0 Å². The fourth-order valence-electron chi connectivity index (χ4n) is 3.33. The van der Waals surface area contributed by atoms with Crippen molar-refractivity contribution in [1.82, 2.24) is 4.90 Å². The van der Waals surface area contributed by atoms with Crippen LogP contribution in [0.5, 0.6) is 0 Å². The molecular weight excluding hydrogens is 306 g/mol. The number of nitrogens with zero attached hydrogens (tertiary/aromatic N) is 1. The second kappa shape index (κ2) is 7.91. The molecule has 1 atom stereocenters. The lowest BCUT2D eigenvalue weighted by molar-refractivity contribution is 0.0859. The first-order valence-electron chi connectivity index (χ1n) is 8.54. The van der Waals surface area contributed by atoms with E-state index in [0.29, 0.717) is 0 Å². The maximum Gasteiger partial charge on any atom is 0.180 e. The van der Waals surface area contributed by atoms with Crippen LogP contribution in [0.15, 0.2) is 91.0 Å². The predicted octanol–water partition coefficient (Wildman–Crippen LogP) is 4.63. The Hall–Kier alpha value is -2.71. The van der Waals surface area contributed by atoms with Crippen molar-refractivity contribution in [3.8, 4) is 0 Å². The summed E-state index contributed by atoms with van der Waals surface area (Å²) in [6, 6.07) is 29.9. The predicted molar refractivity (Wildman–Crippen MR) is 103 cm³/mol. The lowest BCUT2D eigenvalue weighted by atomic mass is 9.81. The van der Waals surface area contributed by atoms with Gasteiger partial charge in [0.1, 0.15) is 0 Å². The van der Waals surface area contributed by atoms with Crippen molar-refractivity contribution in [3.05, 3.63) is 108 Å². The standard InChI is InChI=1S/C23H23NO/c1-24(2)22(23(25)20-16-10-5-11-17-20)21(18-12-6-3-7-13-18)19-14-8-4-9-15-19/h3-17,21-22H,1-2H3/t22-/m0/s1. The van der Waals surface area contributed by atoms with Gasteiger partial charge in [0.15, 0.2) is 5.78 Å². The maximum atomic E-state index is 13.3. The lowest BCUT2D eigenvalue weighted by Gasteiger charge is -2.32. The summed E-state index contributed by atoms with van der Waals surface area (Å²) in [5.74, 6) is 0.119. The van der Waals surface area contributed by atoms with E-state index in [1.54, 1.807) is 0 Å². The highest BCUT2D eigenvalue weighted by Crippen LogP contribution is 2.32. The number of benzene rings is 3. The fourth-order valence-corrected chi connectivity index (χ4v) is 3.33. The molecule has 0 aromatic heterocycles. The zero-order valence-corrected chi connectivity index (χ0v) is 14.7. The zero-order chi connectivity index (χ0) is 17.6. The molecule has 0 spiro atoms. The number of rotatable bonds is 6. The average molecular weight is 329 g/mol. The van der Waals surface area contributed by atoms with Gasteiger partial charge >= 0.3 is 0 Å². The van der Waals surface area contributed by atoms with Crippen LogP contribution in [0, 0.1) is 0 Å². The highest BCUT2D eigenvalue weighted by molar-refractivity contribution is 6.01. The van der Waals surface area contributed by atoms with Crippen LogP contribution < -0.4 is 0 Å². The molecular formula is C23H23NO. The molecule has 0 heterocycles. The number of hydrogen-bond acceptors (Lipinski definition) is 2. The van der Waals surface area contributed by atoms with Crippen LogP contribution in [-0.2, 0) is 0 Å². The van der Waals surface area contributed by atoms with Gasteiger partial charge in [0.25, 0.3) is 0 Å². The van der Waals surface area contributed by atoms with E-state index in [4.69, 9.17) is 0 Å². The summed E-state index contributed by atoms with van der Waals surface area (Å²) in [5.41, 5.74) is 3.05. The Bertz CT molecular complexity index is 758. The van der Waals surface area contributed by atoms with Crippen molar-refractivity contribution in [3.63, 3.8) is 0 Å². The number of hydrogen-bond donors (Lipinski definition) is 0. The monoisotopic (exact) mass is 329 g/mol. The smallest absolute Gasteiger partial charge is 0.180 e. The molecule has 0 N–H and O–H groups in total. The summed E-state index contributed by atoms with van der Waals surface area (Å²) >= 11 is 0. The number of carbonyl (C=O) groups excluding carboxylic acids is 1. The summed E-state index contributed by atoms with van der Waals surface area (Å²) < 4.78 is 0. The van der Waals surface area contributed by atoms with Crippen LogP contribution in [-0.4, -0.2) is 30.8 Å². The maximum absolute atomic E-state index is 13.3. The third-order valence-electron chi connectivity index (χ3n) is 4.52. The minimum atomic E-state index is -0.271. The Balaban J connectivity index is 2.10. The molecule has 0 saturated heterocycles. The molecule has 3 rings (SSSR count). The molecule has 3 aromatic rings. The first-order valence-corrected chi connectivity index (χ1v) is 8.54. The highest BCUT2D eigenvalue weighted by atomic mass is 16.1. The van der Waals surface area contributed by atoms with Gasteiger partial charge in [-0.05, 0) is 25.2 Å². The van der Waals surface area contributed by atoms with Crippen molar-refractivity contribution in [1.29, 1.82) is 0 Å². The van der Waals surface area contributed by atoms with Gasteiger partial charge in [-0.25, -0.2) is 0 Å². The van der Waals surface area contributed by atoms with Crippen molar-refractivity contribution >= 4 is 5.78 Å². The molecule has 0 aliphatic carbocycles. The number of carbonyl (C=O) groups is 1. The summed E-state index contributed by atoms with van der Waals surface area (Å²) in [6.45, 7) is 0. The van der Waals surface area contributed by atoms with E-state index in [9.17, 15) is 4.79 Å². The van der Waals surface area contributed by atoms with Crippen LogP contribution in [0.4, 0.5) is 0 Å². The second-order valence-electron chi connectivity index (χ2n) is 6.44. The molecule has 0 unspecified atom stereocenters. The van der Waals surface area contributed by atoms with Gasteiger partial charge < -0.3 is 0 Å². The normalized spacial score (nSPS) is 12.3. The van der Waals surface area contributed by atoms with Crippen LogP contribution in [0.2, 0.25) is 0 Å². The van der Waals surface area contributed by atoms with Crippen molar-refractivity contribution in [2.75, 3.05) is 14.1 Å². The molecule has 0 aliphatic rings. The summed E-state index contributed by atoms with van der Waals surface area (Å²) in [5, 5.41) is 0. The van der Waals surface area contributed by atoms with Crippen molar-refractivity contribution < 1.29 is 4.79 Å². The van der Waals surface area contributed by atoms with Crippen LogP contribution >= 0.6 is 0 Å². The number of Topliss-reactive ketones (excluding diaryl/α,β-unsaturated/α-hetero) is 1. The van der Waals surface area contributed by atoms with E-state index in [1.807, 2.05) is 85.7 Å². The largest absolute Gasteiger partial charge is 0.299 e. The van der Waals surface area contributed by atoms with E-state index in [-0.39, 0.29) is 17.7 Å². The molecule has 2 nitrogen and oxygen atoms in total. The van der Waals surface area contributed by atoms with Crippen LogP contribution in [0.1, 0.15) is 27.4 Å². The average Bonchev–Trinajstić information content (AvgIpc) is 2.67. The first-order chi connectivity index (χ1) is 12.2. The third-order valence-corrected chi connectivity index (χ3v) is 4.52. The topological polar surface area (TPSA) is 20.3 Å². The van der Waals surface area contributed by atoms with E-state index < -0.39 is 0 Å². The Morgan fingerprint density at radius 3 is 1.48 bits per heavy atom. The van der Waals surface area contributed by atoms with Crippen molar-refractivity contribution in [2.45, 2.75) is 12.0 Å². The Morgan fingerprint density at radius 2 is 1.08 bits per heavy atom. The zero-order valence-electron chi connectivity index (χ0n) is 14.7. The molecule has 2 heteroatoms. The first kappa shape index (κ1) is 17.1. The fraction of sp³-hybridized carbons (Fsp3) is 0.174. The van der Waals surface area contributed by atoms with Gasteiger partial charge in [0.2, 0.25) is 0 Å². The Kier molecular flexibility index (Phi) is 5.42. The minimum absolute atomic E-state index is 0.0230. The van der Waals surface area contributed by atoms with Crippen molar-refractivity contribution in [2.24, 2.45) is 0 Å². The molecule has 126 valence electrons. The lowest BCUT2D eigenvalue weighted by Crippen LogP contribution is -2.41. The van der Waals surface area contributed by atoms with Gasteiger partial charge in [-0.2, -0.15) is 0 Å². The van der Waals surface area contributed by atoms with E-state index >= 15 is 0 Å². The van der Waals surface area contributed by atoms with E-state index in [2.05, 4.69) is 24.3 Å². The summed E-state index contributed by atoms with van der Waals surface area (Å²) in [7, 11) is 3.95. The minimum Gasteiger partial charge on any atom is -0.299 e. The molecule has 0 amide bonds.